The Hall–Kier alpha value is -3.60. The molecule has 0 spiro atoms. The van der Waals surface area contributed by atoms with Gasteiger partial charge in [-0.15, -0.1) is 0 Å². The Morgan fingerprint density at radius 2 is 1.88 bits per heavy atom. The summed E-state index contributed by atoms with van der Waals surface area (Å²) in [5.41, 5.74) is 1.45. The molecule has 0 heterocycles. The second-order valence-corrected chi connectivity index (χ2v) is 5.35. The zero-order chi connectivity index (χ0) is 18.8. The van der Waals surface area contributed by atoms with Crippen LogP contribution in [-0.2, 0) is 16.0 Å². The molecule has 2 aromatic carbocycles. The molecule has 8 nitrogen and oxygen atoms in total. The van der Waals surface area contributed by atoms with Crippen LogP contribution in [0.3, 0.4) is 0 Å². The van der Waals surface area contributed by atoms with Crippen LogP contribution in [0.25, 0.3) is 0 Å². The maximum atomic E-state index is 11.4. The quantitative estimate of drug-likeness (QED) is 0.310. The summed E-state index contributed by atoms with van der Waals surface area (Å²) in [6, 6.07) is 16.4. The number of azo groups is 1. The van der Waals surface area contributed by atoms with Crippen LogP contribution in [0.4, 0.5) is 11.4 Å². The Morgan fingerprint density at radius 1 is 1.19 bits per heavy atom. The predicted molar refractivity (Wildman–Crippen MR) is 92.7 cm³/mol. The van der Waals surface area contributed by atoms with E-state index in [0.29, 0.717) is 12.1 Å². The molecule has 0 radical (unpaired) electrons. The second-order valence-electron chi connectivity index (χ2n) is 5.35. The topological polar surface area (TPSA) is 118 Å². The highest BCUT2D eigenvalue weighted by Gasteiger charge is 2.13. The van der Waals surface area contributed by atoms with Crippen LogP contribution in [0.15, 0.2) is 64.8 Å². The molecule has 0 amide bonds. The number of carbonyl (C=O) groups excluding carboxylic acids is 1. The van der Waals surface area contributed by atoms with E-state index >= 15 is 0 Å². The van der Waals surface area contributed by atoms with Crippen molar-refractivity contribution in [3.05, 3.63) is 70.3 Å². The number of rotatable bonds is 8. The summed E-state index contributed by atoms with van der Waals surface area (Å²) in [4.78, 5) is 21.7. The highest BCUT2D eigenvalue weighted by molar-refractivity contribution is 5.71. The van der Waals surface area contributed by atoms with Crippen molar-refractivity contribution in [3.63, 3.8) is 0 Å². The first-order valence-corrected chi connectivity index (χ1v) is 7.80. The van der Waals surface area contributed by atoms with Gasteiger partial charge in [0.05, 0.1) is 16.7 Å². The lowest BCUT2D eigenvalue weighted by Gasteiger charge is -2.11. The number of esters is 1. The standard InChI is InChI=1S/C18H16N4O4/c19-11-10-18(23)26-13-16(21-20-15-4-2-1-3-5-15)12-14-6-8-17(9-7-14)22(24)25/h1-9,16H,10,12-13H2. The lowest BCUT2D eigenvalue weighted by molar-refractivity contribution is -0.384. The SMILES string of the molecule is N#CCC(=O)OCC(Cc1ccc([N+](=O)[O-])cc1)N=Nc1ccccc1. The monoisotopic (exact) mass is 352 g/mol. The van der Waals surface area contributed by atoms with E-state index in [1.165, 1.54) is 12.1 Å². The minimum absolute atomic E-state index is 0.00309. The molecule has 0 saturated heterocycles. The van der Waals surface area contributed by atoms with Crippen LogP contribution >= 0.6 is 0 Å². The van der Waals surface area contributed by atoms with Crippen molar-refractivity contribution in [2.75, 3.05) is 6.61 Å². The van der Waals surface area contributed by atoms with Crippen LogP contribution in [0.5, 0.6) is 0 Å². The first-order valence-electron chi connectivity index (χ1n) is 7.80. The number of ether oxygens (including phenoxy) is 1. The van der Waals surface area contributed by atoms with E-state index in [1.807, 2.05) is 18.2 Å². The third kappa shape index (κ3) is 6.13. The summed E-state index contributed by atoms with van der Waals surface area (Å²) in [6.07, 6.45) is 0.0498. The average molecular weight is 352 g/mol. The smallest absolute Gasteiger partial charge is 0.320 e. The number of benzene rings is 2. The fourth-order valence-corrected chi connectivity index (χ4v) is 2.11. The van der Waals surface area contributed by atoms with Crippen LogP contribution in [0, 0.1) is 21.4 Å². The molecule has 0 bridgehead atoms. The summed E-state index contributed by atoms with van der Waals surface area (Å²) in [6.45, 7) is -0.0339. The molecule has 0 aliphatic rings. The molecule has 0 aromatic heterocycles. The van der Waals surface area contributed by atoms with E-state index in [1.54, 1.807) is 30.3 Å². The van der Waals surface area contributed by atoms with Gasteiger partial charge in [0.2, 0.25) is 0 Å². The number of nitro groups is 1. The average Bonchev–Trinajstić information content (AvgIpc) is 2.65. The summed E-state index contributed by atoms with van der Waals surface area (Å²) in [7, 11) is 0. The van der Waals surface area contributed by atoms with Crippen molar-refractivity contribution in [2.45, 2.75) is 18.9 Å². The van der Waals surface area contributed by atoms with Gasteiger partial charge in [0, 0.05) is 12.1 Å². The van der Waals surface area contributed by atoms with E-state index in [0.717, 1.165) is 5.56 Å². The highest BCUT2D eigenvalue weighted by atomic mass is 16.6. The van der Waals surface area contributed by atoms with Crippen molar-refractivity contribution in [1.29, 1.82) is 5.26 Å². The van der Waals surface area contributed by atoms with Gasteiger partial charge >= 0.3 is 5.97 Å². The molecule has 1 atom stereocenters. The number of nitrogens with zero attached hydrogens (tertiary/aromatic N) is 4. The van der Waals surface area contributed by atoms with Crippen molar-refractivity contribution >= 4 is 17.3 Å². The largest absolute Gasteiger partial charge is 0.463 e. The van der Waals surface area contributed by atoms with Gasteiger partial charge in [-0.25, -0.2) is 0 Å². The molecule has 0 aliphatic carbocycles. The summed E-state index contributed by atoms with van der Waals surface area (Å²) in [5.74, 6) is -0.629. The van der Waals surface area contributed by atoms with E-state index in [4.69, 9.17) is 10.00 Å². The van der Waals surface area contributed by atoms with Gasteiger partial charge in [-0.3, -0.25) is 14.9 Å². The first-order chi connectivity index (χ1) is 12.6. The minimum atomic E-state index is -0.629. The highest BCUT2D eigenvalue weighted by Crippen LogP contribution is 2.16. The summed E-state index contributed by atoms with van der Waals surface area (Å²) < 4.78 is 5.04. The lowest BCUT2D eigenvalue weighted by atomic mass is 10.1. The van der Waals surface area contributed by atoms with Crippen LogP contribution in [0.1, 0.15) is 12.0 Å². The van der Waals surface area contributed by atoms with Gasteiger partial charge in [-0.2, -0.15) is 15.5 Å². The molecule has 0 fully saturated rings. The van der Waals surface area contributed by atoms with Gasteiger partial charge < -0.3 is 4.74 Å². The molecule has 0 N–H and O–H groups in total. The van der Waals surface area contributed by atoms with E-state index in [2.05, 4.69) is 10.2 Å². The molecular formula is C18H16N4O4. The van der Waals surface area contributed by atoms with Crippen LogP contribution in [0.2, 0.25) is 0 Å². The molecule has 8 heteroatoms. The predicted octanol–water partition coefficient (Wildman–Crippen LogP) is 3.75. The van der Waals surface area contributed by atoms with Gasteiger partial charge in [0.15, 0.2) is 0 Å². The number of carbonyl (C=O) groups is 1. The third-order valence-electron chi connectivity index (χ3n) is 3.37. The van der Waals surface area contributed by atoms with Gasteiger partial charge in [0.25, 0.3) is 5.69 Å². The van der Waals surface area contributed by atoms with Gasteiger partial charge in [0.1, 0.15) is 19.1 Å². The Kier molecular flexibility index (Phi) is 6.94. The van der Waals surface area contributed by atoms with E-state index < -0.39 is 16.9 Å². The van der Waals surface area contributed by atoms with Crippen LogP contribution < -0.4 is 0 Å². The Labute approximate surface area is 149 Å². The van der Waals surface area contributed by atoms with E-state index in [9.17, 15) is 14.9 Å². The summed E-state index contributed by atoms with van der Waals surface area (Å²) >= 11 is 0. The maximum Gasteiger partial charge on any atom is 0.320 e. The van der Waals surface area contributed by atoms with Crippen molar-refractivity contribution < 1.29 is 14.5 Å². The fourth-order valence-electron chi connectivity index (χ4n) is 2.11. The summed E-state index contributed by atoms with van der Waals surface area (Å²) in [5, 5.41) is 27.6. The fraction of sp³-hybridized carbons (Fsp3) is 0.222. The molecule has 2 rings (SSSR count). The number of nitriles is 1. The van der Waals surface area contributed by atoms with Crippen molar-refractivity contribution in [3.8, 4) is 6.07 Å². The van der Waals surface area contributed by atoms with E-state index in [-0.39, 0.29) is 18.7 Å². The van der Waals surface area contributed by atoms with Gasteiger partial charge in [-0.1, -0.05) is 30.3 Å². The number of nitro benzene ring substituents is 1. The Bertz CT molecular complexity index is 813. The third-order valence-corrected chi connectivity index (χ3v) is 3.37. The van der Waals surface area contributed by atoms with Crippen molar-refractivity contribution in [1.82, 2.24) is 0 Å². The number of hydrogen-bond donors (Lipinski definition) is 0. The Balaban J connectivity index is 2.08. The van der Waals surface area contributed by atoms with Crippen molar-refractivity contribution in [2.24, 2.45) is 10.2 Å². The first kappa shape index (κ1) is 18.7. The maximum absolute atomic E-state index is 11.4. The molecule has 132 valence electrons. The lowest BCUT2D eigenvalue weighted by Crippen LogP contribution is -2.19. The number of hydrogen-bond acceptors (Lipinski definition) is 7. The normalized spacial score (nSPS) is 11.7. The van der Waals surface area contributed by atoms with Gasteiger partial charge in [-0.05, 0) is 24.1 Å². The molecule has 0 saturated carbocycles. The molecule has 2 aromatic rings. The molecule has 26 heavy (non-hydrogen) atoms. The molecule has 1 unspecified atom stereocenters. The molecule has 0 aliphatic heterocycles. The van der Waals surface area contributed by atoms with Crippen LogP contribution in [-0.4, -0.2) is 23.5 Å². The number of non-ortho nitro benzene ring substituents is 1. The second kappa shape index (κ2) is 9.64. The Morgan fingerprint density at radius 3 is 2.50 bits per heavy atom. The zero-order valence-corrected chi connectivity index (χ0v) is 13.8. The minimum Gasteiger partial charge on any atom is -0.463 e. The zero-order valence-electron chi connectivity index (χ0n) is 13.8. The molecular weight excluding hydrogens is 336 g/mol.